The third-order valence-corrected chi connectivity index (χ3v) is 15.4. The number of nitrogen functional groups attached to an aromatic ring is 1. The minimum Gasteiger partial charge on any atom is -0.478 e. The standard InChI is InChI=1S/2C11H10N2O2S2.C11H10N2OS2.C7H5ClO.C7H6O2.C4H6N2S2.4C2H6.CH4O.Cl2OS/c2*1-17(15)9-7-16-11(12-9)13-10(14)8-5-3-2-4-6-8;1-15-9-7-16-11(12-9)13-10(14)8-5-3-2-4-6-8;2*8-7(9)6-4-2-1-3-5-6;1-7-3-2-8-4(5)6-3;5*1-2;1-4(2)3/h2*2-7H,1H3,(H,12,13,14);2-7H,1H3,(H,12,13,14);1-5H;1-5H,(H,8,9);2H,1H3,(H2,5,6);4*1-2H3;2H,1H3;. The Labute approximate surface area is 574 Å². The van der Waals surface area contributed by atoms with Crippen LogP contribution >= 0.6 is 102 Å². The number of carbonyl (C=O) groups is 5. The van der Waals surface area contributed by atoms with Gasteiger partial charge >= 0.3 is 5.97 Å². The van der Waals surface area contributed by atoms with Crippen LogP contribution in [0.5, 0.6) is 0 Å². The molecule has 0 radical (unpaired) electrons. The number of amides is 3. The van der Waals surface area contributed by atoms with Crippen molar-refractivity contribution in [2.24, 2.45) is 0 Å². The number of benzene rings is 5. The second-order valence-electron chi connectivity index (χ2n) is 14.3. The number of rotatable bonds is 12. The van der Waals surface area contributed by atoms with Crippen LogP contribution in [0.15, 0.2) is 193 Å². The minimum atomic E-state index is -1.67. The molecule has 0 aliphatic carbocycles. The van der Waals surface area contributed by atoms with E-state index in [4.69, 9.17) is 31.8 Å². The van der Waals surface area contributed by atoms with Gasteiger partial charge in [-0.1, -0.05) is 159 Å². The number of nitrogens with two attached hydrogens (primary N) is 1. The Balaban J connectivity index is -0.000000987. The van der Waals surface area contributed by atoms with Crippen LogP contribution in [0.25, 0.3) is 0 Å². The Kier molecular flexibility index (Phi) is 55.7. The lowest BCUT2D eigenvalue weighted by Gasteiger charge is -2.00. The summed E-state index contributed by atoms with van der Waals surface area (Å²) in [6.45, 7) is 16.0. The molecular formula is C60H75Cl3N8O10S9. The van der Waals surface area contributed by atoms with Crippen molar-refractivity contribution in [1.82, 2.24) is 19.9 Å². The molecule has 90 heavy (non-hydrogen) atoms. The summed E-state index contributed by atoms with van der Waals surface area (Å²) in [7, 11) is 6.12. The first-order valence-electron chi connectivity index (χ1n) is 26.4. The van der Waals surface area contributed by atoms with Crippen molar-refractivity contribution in [2.45, 2.75) is 75.5 Å². The predicted molar refractivity (Wildman–Crippen MR) is 388 cm³/mol. The Bertz CT molecular complexity index is 3240. The van der Waals surface area contributed by atoms with Crippen molar-refractivity contribution < 1.29 is 46.8 Å². The molecule has 0 fully saturated rings. The lowest BCUT2D eigenvalue weighted by atomic mass is 10.2. The maximum atomic E-state index is 11.8. The molecule has 4 aromatic heterocycles. The van der Waals surface area contributed by atoms with Gasteiger partial charge < -0.3 is 15.9 Å². The van der Waals surface area contributed by atoms with E-state index in [0.717, 1.165) is 17.2 Å². The molecule has 9 rings (SSSR count). The van der Waals surface area contributed by atoms with E-state index in [9.17, 15) is 32.4 Å². The van der Waals surface area contributed by atoms with E-state index in [2.05, 4.69) is 57.3 Å². The summed E-state index contributed by atoms with van der Waals surface area (Å²) in [5.74, 6) is -1.43. The van der Waals surface area contributed by atoms with Gasteiger partial charge in [0.2, 0.25) is 9.23 Å². The predicted octanol–water partition coefficient (Wildman–Crippen LogP) is 17.0. The summed E-state index contributed by atoms with van der Waals surface area (Å²) >= 11 is 13.8. The number of anilines is 4. The molecule has 0 spiro atoms. The van der Waals surface area contributed by atoms with E-state index in [1.165, 1.54) is 45.3 Å². The molecule has 30 heteroatoms. The van der Waals surface area contributed by atoms with Crippen LogP contribution in [-0.2, 0) is 30.8 Å². The van der Waals surface area contributed by atoms with Crippen LogP contribution in [0.1, 0.15) is 107 Å². The molecule has 9 aromatic rings. The lowest BCUT2D eigenvalue weighted by molar-refractivity contribution is 0.0696. The number of thioether (sulfide) groups is 2. The zero-order valence-electron chi connectivity index (χ0n) is 51.6. The largest absolute Gasteiger partial charge is 0.478 e. The van der Waals surface area contributed by atoms with Crippen LogP contribution in [-0.4, -0.2) is 104 Å². The number of aliphatic hydroxyl groups is 1. The second-order valence-corrected chi connectivity index (χ2v) is 24.9. The number of aromatic carboxylic acids is 1. The zero-order chi connectivity index (χ0) is 68.8. The van der Waals surface area contributed by atoms with E-state index >= 15 is 0 Å². The van der Waals surface area contributed by atoms with E-state index < -0.39 is 42.0 Å². The Morgan fingerprint density at radius 1 is 0.444 bits per heavy atom. The molecule has 0 saturated heterocycles. The fourth-order valence-corrected chi connectivity index (χ4v) is 10.8. The Hall–Kier alpha value is -6.05. The molecule has 2 atom stereocenters. The summed E-state index contributed by atoms with van der Waals surface area (Å²) in [5, 5.41) is 35.4. The van der Waals surface area contributed by atoms with Crippen molar-refractivity contribution in [3.05, 3.63) is 201 Å². The SMILES string of the molecule is CC.CC.CC.CC.CO.CS(=O)c1csc(NC(=O)c2ccccc2)n1.CS(=O)c1csc(NC(=O)c2ccccc2)n1.CSc1csc(N)n1.CSc1csc(NC(=O)c2ccccc2)n1.O=C(Cl)c1ccccc1.O=C(O)c1ccccc1.O=S(Cl)Cl. The van der Waals surface area contributed by atoms with Crippen molar-refractivity contribution in [1.29, 1.82) is 0 Å². The van der Waals surface area contributed by atoms with Gasteiger partial charge in [0.15, 0.2) is 20.5 Å². The molecule has 0 bridgehead atoms. The van der Waals surface area contributed by atoms with Crippen molar-refractivity contribution >= 4 is 182 Å². The lowest BCUT2D eigenvalue weighted by Crippen LogP contribution is -2.11. The monoisotopic (exact) mass is 1460 g/mol. The van der Waals surface area contributed by atoms with Gasteiger partial charge in [0, 0.05) is 84.8 Å². The molecule has 18 nitrogen and oxygen atoms in total. The topological polar surface area (TPSA) is 291 Å². The fourth-order valence-electron chi connectivity index (χ4n) is 5.10. The molecule has 7 N–H and O–H groups in total. The van der Waals surface area contributed by atoms with Gasteiger partial charge in [0.25, 0.3) is 23.0 Å². The fraction of sp³-hybridized carbons (Fsp3) is 0.217. The van der Waals surface area contributed by atoms with E-state index in [1.54, 1.807) is 162 Å². The van der Waals surface area contributed by atoms with Gasteiger partial charge in [-0.3, -0.25) is 43.5 Å². The first kappa shape index (κ1) is 88.1. The van der Waals surface area contributed by atoms with Crippen LogP contribution in [0, 0.1) is 0 Å². The number of carboxylic acid groups (broad SMARTS) is 1. The van der Waals surface area contributed by atoms with Crippen LogP contribution < -0.4 is 21.7 Å². The van der Waals surface area contributed by atoms with E-state index in [1.807, 2.05) is 115 Å². The highest BCUT2D eigenvalue weighted by Gasteiger charge is 2.12. The van der Waals surface area contributed by atoms with Gasteiger partial charge in [-0.05, 0) is 72.6 Å². The highest BCUT2D eigenvalue weighted by atomic mass is 36.0. The van der Waals surface area contributed by atoms with Crippen LogP contribution in [0.4, 0.5) is 20.5 Å². The normalized spacial score (nSPS) is 9.71. The molecule has 490 valence electrons. The number of thiazole rings is 4. The Morgan fingerprint density at radius 3 is 0.900 bits per heavy atom. The molecule has 2 unspecified atom stereocenters. The average Bonchev–Trinajstić information content (AvgIpc) is 4.60. The number of halogens is 3. The van der Waals surface area contributed by atoms with Gasteiger partial charge in [0.1, 0.15) is 20.1 Å². The average molecular weight is 1460 g/mol. The maximum absolute atomic E-state index is 11.8. The number of hydrogen-bond acceptors (Lipinski definition) is 20. The number of carbonyl (C=O) groups excluding carboxylic acids is 4. The molecule has 0 aliphatic heterocycles. The van der Waals surface area contributed by atoms with Gasteiger partial charge in [0.05, 0.1) is 27.2 Å². The van der Waals surface area contributed by atoms with Crippen LogP contribution in [0.2, 0.25) is 0 Å². The third kappa shape index (κ3) is 41.4. The molecule has 4 heterocycles. The number of aromatic nitrogens is 4. The smallest absolute Gasteiger partial charge is 0.335 e. The van der Waals surface area contributed by atoms with Gasteiger partial charge in [-0.15, -0.1) is 68.9 Å². The first-order chi connectivity index (χ1) is 43.3. The number of nitrogens with one attached hydrogen (secondary N) is 3. The van der Waals surface area contributed by atoms with E-state index in [0.29, 0.717) is 58.4 Å². The summed E-state index contributed by atoms with van der Waals surface area (Å²) < 4.78 is 31.4. The van der Waals surface area contributed by atoms with E-state index in [-0.39, 0.29) is 17.7 Å². The highest BCUT2D eigenvalue weighted by Crippen LogP contribution is 2.23. The molecule has 0 saturated carbocycles. The molecule has 5 aromatic carbocycles. The number of hydrogen-bond donors (Lipinski definition) is 6. The quantitative estimate of drug-likeness (QED) is 0.0489. The van der Waals surface area contributed by atoms with Crippen molar-refractivity contribution in [3.8, 4) is 0 Å². The maximum Gasteiger partial charge on any atom is 0.335 e. The minimum absolute atomic E-state index is 0.123. The molecule has 0 aliphatic rings. The van der Waals surface area contributed by atoms with Crippen molar-refractivity contribution in [3.63, 3.8) is 0 Å². The summed E-state index contributed by atoms with van der Waals surface area (Å²) in [4.78, 5) is 72.3. The summed E-state index contributed by atoms with van der Waals surface area (Å²) in [6.07, 6.45) is 7.04. The summed E-state index contributed by atoms with van der Waals surface area (Å²) in [6, 6.07) is 43.9. The summed E-state index contributed by atoms with van der Waals surface area (Å²) in [5.41, 5.74) is 8.00. The highest BCUT2D eigenvalue weighted by molar-refractivity contribution is 8.26. The zero-order valence-corrected chi connectivity index (χ0v) is 61.2. The number of aliphatic hydroxyl groups excluding tert-OH is 1. The van der Waals surface area contributed by atoms with Crippen molar-refractivity contribution in [2.75, 3.05) is 53.8 Å². The number of carboxylic acids is 1. The second kappa shape index (κ2) is 56.9. The molecule has 3 amide bonds. The third-order valence-electron chi connectivity index (χ3n) is 8.75. The van der Waals surface area contributed by atoms with Gasteiger partial charge in [-0.2, -0.15) is 0 Å². The van der Waals surface area contributed by atoms with Crippen LogP contribution in [0.3, 0.4) is 0 Å². The Morgan fingerprint density at radius 2 is 0.700 bits per heavy atom. The number of nitrogens with zero attached hydrogens (tertiary/aromatic N) is 4. The first-order valence-corrected chi connectivity index (χ1v) is 38.7. The van der Waals surface area contributed by atoms with Gasteiger partial charge in [-0.25, -0.2) is 28.9 Å². The molecular weight excluding hydrogens is 1390 g/mol.